The molecular formula is C23H33FN4O3. The Hall–Kier alpha value is -2.48. The van der Waals surface area contributed by atoms with Crippen molar-refractivity contribution in [2.24, 2.45) is 5.92 Å². The van der Waals surface area contributed by atoms with Crippen molar-refractivity contribution >= 4 is 17.8 Å². The molecule has 7 nitrogen and oxygen atoms in total. The lowest BCUT2D eigenvalue weighted by molar-refractivity contribution is -0.140. The summed E-state index contributed by atoms with van der Waals surface area (Å²) in [6, 6.07) is 5.62. The van der Waals surface area contributed by atoms with Crippen LogP contribution in [0.2, 0.25) is 0 Å². The van der Waals surface area contributed by atoms with Crippen molar-refractivity contribution < 1.29 is 18.8 Å². The van der Waals surface area contributed by atoms with Crippen molar-refractivity contribution in [3.63, 3.8) is 0 Å². The first-order valence-corrected chi connectivity index (χ1v) is 11.0. The first-order chi connectivity index (χ1) is 14.7. The van der Waals surface area contributed by atoms with Crippen molar-refractivity contribution in [2.75, 3.05) is 33.7 Å². The highest BCUT2D eigenvalue weighted by molar-refractivity contribution is 6.09. The predicted molar refractivity (Wildman–Crippen MR) is 116 cm³/mol. The molecule has 8 heteroatoms. The minimum atomic E-state index is -0.861. The van der Waals surface area contributed by atoms with Gasteiger partial charge < -0.3 is 15.1 Å². The van der Waals surface area contributed by atoms with E-state index in [4.69, 9.17) is 0 Å². The third kappa shape index (κ3) is 5.42. The Kier molecular flexibility index (Phi) is 7.30. The Morgan fingerprint density at radius 3 is 2.55 bits per heavy atom. The van der Waals surface area contributed by atoms with Crippen LogP contribution in [0.25, 0.3) is 0 Å². The summed E-state index contributed by atoms with van der Waals surface area (Å²) < 4.78 is 13.6. The maximum absolute atomic E-state index is 13.6. The smallest absolute Gasteiger partial charge is 0.325 e. The SMILES string of the molecule is CCC1CCC2(CC1)NC(=O)N(CC(=O)N(CCN(C)C)Cc1cccc(F)c1)C2=O. The standard InChI is InChI=1S/C23H33FN4O3/c1-4-17-8-10-23(11-9-17)21(30)28(22(31)25-23)16-20(29)27(13-12-26(2)3)15-18-6-5-7-19(24)14-18/h5-7,14,17H,4,8-13,15-16H2,1-3H3,(H,25,31). The molecule has 0 unspecified atom stereocenters. The molecule has 1 spiro atoms. The van der Waals surface area contributed by atoms with E-state index < -0.39 is 11.6 Å². The number of likely N-dealkylation sites (N-methyl/N-ethyl adjacent to an activating group) is 1. The molecule has 3 rings (SSSR count). The van der Waals surface area contributed by atoms with Crippen LogP contribution < -0.4 is 5.32 Å². The zero-order valence-corrected chi connectivity index (χ0v) is 18.7. The number of imide groups is 1. The minimum absolute atomic E-state index is 0.220. The van der Waals surface area contributed by atoms with Crippen LogP contribution in [0.5, 0.6) is 0 Å². The van der Waals surface area contributed by atoms with Gasteiger partial charge >= 0.3 is 6.03 Å². The van der Waals surface area contributed by atoms with Crippen molar-refractivity contribution in [2.45, 2.75) is 51.1 Å². The molecule has 1 saturated heterocycles. The van der Waals surface area contributed by atoms with Crippen LogP contribution in [0.1, 0.15) is 44.6 Å². The van der Waals surface area contributed by atoms with E-state index in [0.29, 0.717) is 37.4 Å². The number of carbonyl (C=O) groups excluding carboxylic acids is 3. The lowest BCUT2D eigenvalue weighted by atomic mass is 9.75. The zero-order chi connectivity index (χ0) is 22.6. The van der Waals surface area contributed by atoms with E-state index in [-0.39, 0.29) is 30.7 Å². The number of hydrogen-bond acceptors (Lipinski definition) is 4. The third-order valence-corrected chi connectivity index (χ3v) is 6.51. The maximum atomic E-state index is 13.6. The van der Waals surface area contributed by atoms with Gasteiger partial charge in [-0.15, -0.1) is 0 Å². The topological polar surface area (TPSA) is 73.0 Å². The number of carbonyl (C=O) groups is 3. The molecule has 0 atom stereocenters. The molecule has 1 saturated carbocycles. The molecular weight excluding hydrogens is 399 g/mol. The van der Waals surface area contributed by atoms with Gasteiger partial charge in [0, 0.05) is 19.6 Å². The fourth-order valence-electron chi connectivity index (χ4n) is 4.44. The molecule has 4 amide bonds. The fourth-order valence-corrected chi connectivity index (χ4v) is 4.44. The molecule has 1 aliphatic heterocycles. The van der Waals surface area contributed by atoms with Gasteiger partial charge in [0.2, 0.25) is 5.91 Å². The molecule has 1 N–H and O–H groups in total. The predicted octanol–water partition coefficient (Wildman–Crippen LogP) is 2.61. The first kappa shape index (κ1) is 23.2. The summed E-state index contributed by atoms with van der Waals surface area (Å²) in [6.45, 7) is 3.09. The Morgan fingerprint density at radius 1 is 1.23 bits per heavy atom. The van der Waals surface area contributed by atoms with Gasteiger partial charge in [0.15, 0.2) is 0 Å². The molecule has 2 aliphatic rings. The molecule has 0 bridgehead atoms. The van der Waals surface area contributed by atoms with Gasteiger partial charge in [0.05, 0.1) is 0 Å². The monoisotopic (exact) mass is 432 g/mol. The molecule has 1 heterocycles. The van der Waals surface area contributed by atoms with Crippen LogP contribution in [0.15, 0.2) is 24.3 Å². The van der Waals surface area contributed by atoms with E-state index in [1.165, 1.54) is 12.1 Å². The lowest BCUT2D eigenvalue weighted by Crippen LogP contribution is -2.50. The summed E-state index contributed by atoms with van der Waals surface area (Å²) in [4.78, 5) is 43.4. The largest absolute Gasteiger partial charge is 0.336 e. The summed E-state index contributed by atoms with van der Waals surface area (Å²) in [6.07, 6.45) is 4.11. The van der Waals surface area contributed by atoms with Gasteiger partial charge in [0.1, 0.15) is 17.9 Å². The Bertz CT molecular complexity index is 821. The van der Waals surface area contributed by atoms with Gasteiger partial charge in [-0.1, -0.05) is 25.5 Å². The number of nitrogens with one attached hydrogen (secondary N) is 1. The highest BCUT2D eigenvalue weighted by Gasteiger charge is 2.52. The molecule has 1 aliphatic carbocycles. The number of amides is 4. The second kappa shape index (κ2) is 9.77. The Morgan fingerprint density at radius 2 is 1.94 bits per heavy atom. The molecule has 2 fully saturated rings. The quantitative estimate of drug-likeness (QED) is 0.641. The molecule has 31 heavy (non-hydrogen) atoms. The molecule has 170 valence electrons. The highest BCUT2D eigenvalue weighted by atomic mass is 19.1. The summed E-state index contributed by atoms with van der Waals surface area (Å²) in [5, 5.41) is 2.87. The summed E-state index contributed by atoms with van der Waals surface area (Å²) in [5.74, 6) is -0.400. The first-order valence-electron chi connectivity index (χ1n) is 11.0. The van der Waals surface area contributed by atoms with Gasteiger partial charge in [-0.3, -0.25) is 14.5 Å². The second-order valence-corrected chi connectivity index (χ2v) is 9.00. The Balaban J connectivity index is 1.70. The van der Waals surface area contributed by atoms with E-state index >= 15 is 0 Å². The second-order valence-electron chi connectivity index (χ2n) is 9.00. The van der Waals surface area contributed by atoms with Crippen LogP contribution in [-0.4, -0.2) is 71.8 Å². The number of urea groups is 1. The van der Waals surface area contributed by atoms with Gasteiger partial charge in [-0.25, -0.2) is 9.18 Å². The van der Waals surface area contributed by atoms with E-state index in [2.05, 4.69) is 12.2 Å². The summed E-state index contributed by atoms with van der Waals surface area (Å²) in [7, 11) is 3.80. The van der Waals surface area contributed by atoms with Crippen LogP contribution in [-0.2, 0) is 16.1 Å². The fraction of sp³-hybridized carbons (Fsp3) is 0.609. The van der Waals surface area contributed by atoms with Crippen molar-refractivity contribution in [1.82, 2.24) is 20.0 Å². The van der Waals surface area contributed by atoms with Gasteiger partial charge in [0.25, 0.3) is 5.91 Å². The van der Waals surface area contributed by atoms with E-state index in [9.17, 15) is 18.8 Å². The summed E-state index contributed by atoms with van der Waals surface area (Å²) >= 11 is 0. The van der Waals surface area contributed by atoms with Gasteiger partial charge in [-0.2, -0.15) is 0 Å². The van der Waals surface area contributed by atoms with Crippen molar-refractivity contribution in [3.8, 4) is 0 Å². The van der Waals surface area contributed by atoms with E-state index in [0.717, 1.165) is 24.2 Å². The number of nitrogens with zero attached hydrogens (tertiary/aromatic N) is 3. The Labute approximate surface area is 183 Å². The highest BCUT2D eigenvalue weighted by Crippen LogP contribution is 2.37. The summed E-state index contributed by atoms with van der Waals surface area (Å²) in [5.41, 5.74) is -0.196. The van der Waals surface area contributed by atoms with Crippen LogP contribution in [0, 0.1) is 11.7 Å². The molecule has 1 aromatic carbocycles. The third-order valence-electron chi connectivity index (χ3n) is 6.51. The lowest BCUT2D eigenvalue weighted by Gasteiger charge is -2.34. The van der Waals surface area contributed by atoms with Crippen LogP contribution >= 0.6 is 0 Å². The molecule has 0 aromatic heterocycles. The van der Waals surface area contributed by atoms with E-state index in [1.54, 1.807) is 17.0 Å². The average molecular weight is 433 g/mol. The zero-order valence-electron chi connectivity index (χ0n) is 18.7. The molecule has 0 radical (unpaired) electrons. The van der Waals surface area contributed by atoms with Crippen molar-refractivity contribution in [3.05, 3.63) is 35.6 Å². The van der Waals surface area contributed by atoms with Crippen LogP contribution in [0.3, 0.4) is 0 Å². The molecule has 1 aromatic rings. The minimum Gasteiger partial charge on any atom is -0.336 e. The van der Waals surface area contributed by atoms with Crippen LogP contribution in [0.4, 0.5) is 9.18 Å². The maximum Gasteiger partial charge on any atom is 0.325 e. The van der Waals surface area contributed by atoms with Crippen molar-refractivity contribution in [1.29, 1.82) is 0 Å². The average Bonchev–Trinajstić information content (AvgIpc) is 2.95. The van der Waals surface area contributed by atoms with E-state index in [1.807, 2.05) is 19.0 Å². The normalized spacial score (nSPS) is 23.5. The number of benzene rings is 1. The number of hydrogen-bond donors (Lipinski definition) is 1. The number of halogens is 1. The number of rotatable bonds is 8. The van der Waals surface area contributed by atoms with Gasteiger partial charge in [-0.05, 0) is 63.4 Å².